The summed E-state index contributed by atoms with van der Waals surface area (Å²) < 4.78 is 0. The number of nitrogens with two attached hydrogens (primary N) is 2. The zero-order chi connectivity index (χ0) is 11.5. The predicted molar refractivity (Wildman–Crippen MR) is 63.8 cm³/mol. The fraction of sp³-hybridized carbons (Fsp3) is 0.200. The van der Waals surface area contributed by atoms with Gasteiger partial charge in [-0.2, -0.15) is 0 Å². The number of nitrogens with zero attached hydrogens (tertiary/aromatic N) is 2. The molecule has 15 heavy (non-hydrogen) atoms. The number of hydrogen-bond donors (Lipinski definition) is 3. The van der Waals surface area contributed by atoms with E-state index in [1.807, 2.05) is 12.1 Å². The van der Waals surface area contributed by atoms with E-state index in [0.717, 1.165) is 0 Å². The first-order valence-corrected chi connectivity index (χ1v) is 4.49. The molecule has 1 rings (SSSR count). The van der Waals surface area contributed by atoms with Crippen molar-refractivity contribution in [3.8, 4) is 0 Å². The number of amidine groups is 1. The highest BCUT2D eigenvalue weighted by molar-refractivity contribution is 5.92. The number of aromatic nitrogens is 1. The standard InChI is InChI=1S/C9H12N4.CH5N/c1-11-7-5-8(10)13-9-4-2-3-6-12-9;1-2/h2-7,11H,1H3,(H2,10,12,13);2H2,1H3/b7-5-;. The van der Waals surface area contributed by atoms with E-state index in [0.29, 0.717) is 11.7 Å². The van der Waals surface area contributed by atoms with Crippen LogP contribution in [0, 0.1) is 0 Å². The second-order valence-electron chi connectivity index (χ2n) is 2.35. The Bertz CT molecular complexity index is 305. The van der Waals surface area contributed by atoms with Crippen molar-refractivity contribution in [2.75, 3.05) is 14.1 Å². The molecule has 5 N–H and O–H groups in total. The van der Waals surface area contributed by atoms with E-state index in [1.165, 1.54) is 7.05 Å². The lowest BCUT2D eigenvalue weighted by Crippen LogP contribution is -2.08. The normalized spacial score (nSPS) is 10.7. The summed E-state index contributed by atoms with van der Waals surface area (Å²) in [6.07, 6.45) is 5.06. The molecule has 0 bridgehead atoms. The molecule has 82 valence electrons. The van der Waals surface area contributed by atoms with Gasteiger partial charge in [0.05, 0.1) is 0 Å². The molecule has 1 aromatic heterocycles. The highest BCUT2D eigenvalue weighted by Gasteiger charge is 1.88. The molecule has 0 aliphatic rings. The van der Waals surface area contributed by atoms with Crippen LogP contribution >= 0.6 is 0 Å². The van der Waals surface area contributed by atoms with Crippen LogP contribution in [0.2, 0.25) is 0 Å². The molecule has 0 amide bonds. The van der Waals surface area contributed by atoms with Crippen molar-refractivity contribution in [1.82, 2.24) is 10.3 Å². The van der Waals surface area contributed by atoms with Crippen molar-refractivity contribution in [3.05, 3.63) is 36.7 Å². The summed E-state index contributed by atoms with van der Waals surface area (Å²) >= 11 is 0. The van der Waals surface area contributed by atoms with Crippen LogP contribution in [-0.2, 0) is 0 Å². The summed E-state index contributed by atoms with van der Waals surface area (Å²) in [4.78, 5) is 8.06. The SMILES string of the molecule is CN.CN/C=C\C(N)=N/c1ccccn1. The first-order chi connectivity index (χ1) is 7.33. The van der Waals surface area contributed by atoms with Gasteiger partial charge in [0.1, 0.15) is 5.84 Å². The van der Waals surface area contributed by atoms with Crippen molar-refractivity contribution in [3.63, 3.8) is 0 Å². The van der Waals surface area contributed by atoms with E-state index in [1.54, 1.807) is 31.6 Å². The molecular weight excluding hydrogens is 190 g/mol. The highest BCUT2D eigenvalue weighted by Crippen LogP contribution is 2.03. The van der Waals surface area contributed by atoms with Crippen LogP contribution in [-0.4, -0.2) is 24.9 Å². The minimum Gasteiger partial charge on any atom is -0.394 e. The minimum absolute atomic E-state index is 0.424. The second kappa shape index (κ2) is 8.71. The van der Waals surface area contributed by atoms with E-state index >= 15 is 0 Å². The molecule has 0 aromatic carbocycles. The van der Waals surface area contributed by atoms with Crippen LogP contribution in [0.5, 0.6) is 0 Å². The maximum absolute atomic E-state index is 5.57. The molecule has 1 aromatic rings. The van der Waals surface area contributed by atoms with Gasteiger partial charge in [-0.15, -0.1) is 0 Å². The molecule has 0 saturated carbocycles. The minimum atomic E-state index is 0.424. The molecule has 0 atom stereocenters. The number of aliphatic imine (C=N–C) groups is 1. The van der Waals surface area contributed by atoms with E-state index < -0.39 is 0 Å². The second-order valence-corrected chi connectivity index (χ2v) is 2.35. The van der Waals surface area contributed by atoms with Crippen molar-refractivity contribution in [1.29, 1.82) is 0 Å². The van der Waals surface area contributed by atoms with Crippen LogP contribution < -0.4 is 16.8 Å². The van der Waals surface area contributed by atoms with Gasteiger partial charge in [0.25, 0.3) is 0 Å². The van der Waals surface area contributed by atoms with Gasteiger partial charge in [-0.25, -0.2) is 9.98 Å². The van der Waals surface area contributed by atoms with Gasteiger partial charge in [-0.3, -0.25) is 0 Å². The molecular formula is C10H17N5. The summed E-state index contributed by atoms with van der Waals surface area (Å²) in [7, 11) is 3.30. The average molecular weight is 207 g/mol. The molecule has 0 unspecified atom stereocenters. The summed E-state index contributed by atoms with van der Waals surface area (Å²) in [5.74, 6) is 1.04. The predicted octanol–water partition coefficient (Wildman–Crippen LogP) is 0.378. The van der Waals surface area contributed by atoms with Crippen molar-refractivity contribution in [2.24, 2.45) is 16.5 Å². The lowest BCUT2D eigenvalue weighted by atomic mass is 10.4. The van der Waals surface area contributed by atoms with Gasteiger partial charge in [-0.1, -0.05) is 6.07 Å². The quantitative estimate of drug-likeness (QED) is 0.493. The molecule has 5 heteroatoms. The molecule has 1 heterocycles. The van der Waals surface area contributed by atoms with Gasteiger partial charge >= 0.3 is 0 Å². The third-order valence-corrected chi connectivity index (χ3v) is 1.31. The Balaban J connectivity index is 0.000000921. The lowest BCUT2D eigenvalue weighted by molar-refractivity contribution is 1.10. The van der Waals surface area contributed by atoms with E-state index in [9.17, 15) is 0 Å². The van der Waals surface area contributed by atoms with Gasteiger partial charge < -0.3 is 16.8 Å². The molecule has 0 saturated heterocycles. The maximum Gasteiger partial charge on any atom is 0.154 e. The van der Waals surface area contributed by atoms with E-state index in [4.69, 9.17) is 5.73 Å². The Morgan fingerprint density at radius 1 is 1.47 bits per heavy atom. The lowest BCUT2D eigenvalue weighted by Gasteiger charge is -1.93. The zero-order valence-corrected chi connectivity index (χ0v) is 9.01. The summed E-state index contributed by atoms with van der Waals surface area (Å²) in [6.45, 7) is 0. The molecule has 0 spiro atoms. The van der Waals surface area contributed by atoms with Gasteiger partial charge in [0, 0.05) is 13.2 Å². The molecule has 5 nitrogen and oxygen atoms in total. The molecule has 0 radical (unpaired) electrons. The van der Waals surface area contributed by atoms with Crippen LogP contribution in [0.15, 0.2) is 41.7 Å². The third kappa shape index (κ3) is 6.23. The Labute approximate surface area is 89.9 Å². The largest absolute Gasteiger partial charge is 0.394 e. The van der Waals surface area contributed by atoms with E-state index in [-0.39, 0.29) is 0 Å². The van der Waals surface area contributed by atoms with Crippen LogP contribution in [0.1, 0.15) is 0 Å². The van der Waals surface area contributed by atoms with Crippen LogP contribution in [0.4, 0.5) is 5.82 Å². The molecule has 0 fully saturated rings. The Morgan fingerprint density at radius 2 is 2.20 bits per heavy atom. The first-order valence-electron chi connectivity index (χ1n) is 4.49. The summed E-state index contributed by atoms with van der Waals surface area (Å²) in [5.41, 5.74) is 10.1. The van der Waals surface area contributed by atoms with Gasteiger partial charge in [-0.05, 0) is 31.5 Å². The van der Waals surface area contributed by atoms with E-state index in [2.05, 4.69) is 21.0 Å². The topological polar surface area (TPSA) is 89.3 Å². The average Bonchev–Trinajstić information content (AvgIpc) is 2.30. The maximum atomic E-state index is 5.57. The van der Waals surface area contributed by atoms with Gasteiger partial charge in [0.2, 0.25) is 0 Å². The number of pyridine rings is 1. The van der Waals surface area contributed by atoms with Gasteiger partial charge in [0.15, 0.2) is 5.82 Å². The monoisotopic (exact) mass is 207 g/mol. The van der Waals surface area contributed by atoms with Crippen molar-refractivity contribution >= 4 is 11.7 Å². The Kier molecular flexibility index (Phi) is 7.62. The number of hydrogen-bond acceptors (Lipinski definition) is 4. The van der Waals surface area contributed by atoms with Crippen molar-refractivity contribution < 1.29 is 0 Å². The molecule has 0 aliphatic carbocycles. The van der Waals surface area contributed by atoms with Crippen LogP contribution in [0.25, 0.3) is 0 Å². The number of rotatable bonds is 3. The fourth-order valence-corrected chi connectivity index (χ4v) is 0.758. The Hall–Kier alpha value is -1.88. The fourth-order valence-electron chi connectivity index (χ4n) is 0.758. The molecule has 0 aliphatic heterocycles. The number of nitrogens with one attached hydrogen (secondary N) is 1. The highest BCUT2D eigenvalue weighted by atomic mass is 14.9. The third-order valence-electron chi connectivity index (χ3n) is 1.31. The Morgan fingerprint density at radius 3 is 2.73 bits per heavy atom. The summed E-state index contributed by atoms with van der Waals surface area (Å²) in [5, 5.41) is 2.82. The van der Waals surface area contributed by atoms with Crippen molar-refractivity contribution in [2.45, 2.75) is 0 Å². The summed E-state index contributed by atoms with van der Waals surface area (Å²) in [6, 6.07) is 5.49. The first kappa shape index (κ1) is 13.1. The zero-order valence-electron chi connectivity index (χ0n) is 9.01. The smallest absolute Gasteiger partial charge is 0.154 e. The van der Waals surface area contributed by atoms with Crippen LogP contribution in [0.3, 0.4) is 0 Å².